The Morgan fingerprint density at radius 3 is 2.54 bits per heavy atom. The number of hydrogen-bond donors (Lipinski definition) is 2. The Morgan fingerprint density at radius 1 is 1.23 bits per heavy atom. The van der Waals surface area contributed by atoms with E-state index >= 15 is 0 Å². The molecule has 1 saturated heterocycles. The summed E-state index contributed by atoms with van der Waals surface area (Å²) in [5.74, 6) is 0.563. The number of likely N-dealkylation sites (tertiary alicyclic amines) is 1. The van der Waals surface area contributed by atoms with Gasteiger partial charge in [-0.3, -0.25) is 14.4 Å². The molecule has 1 aromatic rings. The lowest BCUT2D eigenvalue weighted by Crippen LogP contribution is -2.46. The molecule has 1 aromatic heterocycles. The third kappa shape index (κ3) is 3.84. The molecule has 26 heavy (non-hydrogen) atoms. The second-order valence-corrected chi connectivity index (χ2v) is 7.98. The lowest BCUT2D eigenvalue weighted by atomic mass is 9.93. The van der Waals surface area contributed by atoms with E-state index in [1.165, 1.54) is 0 Å². The molecule has 2 N–H and O–H groups in total. The maximum absolute atomic E-state index is 12.7. The van der Waals surface area contributed by atoms with Gasteiger partial charge >= 0.3 is 0 Å². The average Bonchev–Trinajstić information content (AvgIpc) is 2.93. The maximum atomic E-state index is 12.7. The van der Waals surface area contributed by atoms with Crippen LogP contribution in [-0.4, -0.2) is 46.6 Å². The summed E-state index contributed by atoms with van der Waals surface area (Å²) in [7, 11) is 0. The number of amides is 2. The van der Waals surface area contributed by atoms with Crippen molar-refractivity contribution in [1.29, 1.82) is 0 Å². The summed E-state index contributed by atoms with van der Waals surface area (Å²) in [6.45, 7) is 7.33. The highest BCUT2D eigenvalue weighted by Gasteiger charge is 2.28. The molecule has 0 unspecified atom stereocenters. The van der Waals surface area contributed by atoms with E-state index in [1.54, 1.807) is 0 Å². The lowest BCUT2D eigenvalue weighted by Gasteiger charge is -2.32. The molecule has 1 fully saturated rings. The number of piperidine rings is 1. The van der Waals surface area contributed by atoms with Gasteiger partial charge in [0, 0.05) is 43.2 Å². The molecule has 0 radical (unpaired) electrons. The van der Waals surface area contributed by atoms with Gasteiger partial charge in [0.1, 0.15) is 5.69 Å². The number of carbonyl (C=O) groups excluding carboxylic acids is 3. The van der Waals surface area contributed by atoms with Gasteiger partial charge in [0.25, 0.3) is 5.91 Å². The summed E-state index contributed by atoms with van der Waals surface area (Å²) in [4.78, 5) is 42.0. The van der Waals surface area contributed by atoms with Crippen molar-refractivity contribution in [3.05, 3.63) is 22.5 Å². The van der Waals surface area contributed by atoms with Gasteiger partial charge in [-0.25, -0.2) is 0 Å². The van der Waals surface area contributed by atoms with Crippen molar-refractivity contribution in [3.8, 4) is 0 Å². The van der Waals surface area contributed by atoms with Gasteiger partial charge in [-0.15, -0.1) is 0 Å². The first-order valence-electron chi connectivity index (χ1n) is 9.70. The zero-order valence-corrected chi connectivity index (χ0v) is 16.0. The number of rotatable bonds is 4. The molecular weight excluding hydrogens is 330 g/mol. The van der Waals surface area contributed by atoms with Crippen molar-refractivity contribution in [2.24, 2.45) is 5.92 Å². The molecule has 2 heterocycles. The molecule has 1 aliphatic carbocycles. The minimum atomic E-state index is -0.142. The molecule has 0 aromatic carbocycles. The van der Waals surface area contributed by atoms with Crippen LogP contribution < -0.4 is 5.32 Å². The lowest BCUT2D eigenvalue weighted by molar-refractivity contribution is -0.133. The number of nitrogens with one attached hydrogen (secondary N) is 2. The van der Waals surface area contributed by atoms with E-state index in [0.29, 0.717) is 37.5 Å². The van der Waals surface area contributed by atoms with Crippen LogP contribution in [0.3, 0.4) is 0 Å². The Labute approximate surface area is 154 Å². The topological polar surface area (TPSA) is 82.3 Å². The quantitative estimate of drug-likeness (QED) is 0.867. The van der Waals surface area contributed by atoms with Crippen molar-refractivity contribution in [2.45, 2.75) is 65.3 Å². The van der Waals surface area contributed by atoms with Crippen LogP contribution in [0.1, 0.15) is 78.1 Å². The standard InChI is InChI=1S/C20H29N3O3/c1-12(2)11-17(25)23-9-7-14(8-10-23)21-20(26)19-13(3)18-15(22-19)5-4-6-16(18)24/h12,14,22H,4-11H2,1-3H3,(H,21,26). The number of hydrogen-bond acceptors (Lipinski definition) is 3. The van der Waals surface area contributed by atoms with Crippen LogP contribution in [0.5, 0.6) is 0 Å². The minimum Gasteiger partial charge on any atom is -0.354 e. The minimum absolute atomic E-state index is 0.0704. The van der Waals surface area contributed by atoms with E-state index in [9.17, 15) is 14.4 Å². The summed E-state index contributed by atoms with van der Waals surface area (Å²) < 4.78 is 0. The summed E-state index contributed by atoms with van der Waals surface area (Å²) in [5, 5.41) is 3.08. The predicted molar refractivity (Wildman–Crippen MR) is 99.3 cm³/mol. The number of ketones is 1. The van der Waals surface area contributed by atoms with Gasteiger partial charge in [0.05, 0.1) is 0 Å². The molecule has 0 atom stereocenters. The second-order valence-electron chi connectivity index (χ2n) is 7.98. The molecule has 0 spiro atoms. The number of nitrogens with zero attached hydrogens (tertiary/aromatic N) is 1. The van der Waals surface area contributed by atoms with Gasteiger partial charge < -0.3 is 15.2 Å². The van der Waals surface area contributed by atoms with Crippen LogP contribution in [0.2, 0.25) is 0 Å². The highest BCUT2D eigenvalue weighted by Crippen LogP contribution is 2.26. The summed E-state index contributed by atoms with van der Waals surface area (Å²) in [5.41, 5.74) is 2.91. The smallest absolute Gasteiger partial charge is 0.268 e. The van der Waals surface area contributed by atoms with E-state index in [1.807, 2.05) is 25.7 Å². The number of carbonyl (C=O) groups is 3. The number of aromatic amines is 1. The normalized spacial score (nSPS) is 18.2. The fourth-order valence-corrected chi connectivity index (χ4v) is 4.01. The second kappa shape index (κ2) is 7.64. The molecule has 2 amide bonds. The highest BCUT2D eigenvalue weighted by atomic mass is 16.2. The Morgan fingerprint density at radius 2 is 1.92 bits per heavy atom. The molecule has 142 valence electrons. The third-order valence-electron chi connectivity index (χ3n) is 5.43. The van der Waals surface area contributed by atoms with E-state index in [-0.39, 0.29) is 23.6 Å². The molecule has 2 aliphatic rings. The molecule has 0 bridgehead atoms. The number of aromatic nitrogens is 1. The molecule has 1 aliphatic heterocycles. The third-order valence-corrected chi connectivity index (χ3v) is 5.43. The first-order chi connectivity index (χ1) is 12.4. The van der Waals surface area contributed by atoms with E-state index in [4.69, 9.17) is 0 Å². The Balaban J connectivity index is 1.59. The maximum Gasteiger partial charge on any atom is 0.268 e. The Hall–Kier alpha value is -2.11. The van der Waals surface area contributed by atoms with Gasteiger partial charge in [-0.05, 0) is 44.1 Å². The van der Waals surface area contributed by atoms with Gasteiger partial charge in [-0.2, -0.15) is 0 Å². The van der Waals surface area contributed by atoms with Gasteiger partial charge in [0.2, 0.25) is 5.91 Å². The first kappa shape index (κ1) is 18.7. The number of fused-ring (bicyclic) bond motifs is 1. The SMILES string of the molecule is Cc1c(C(=O)NC2CCN(C(=O)CC(C)C)CC2)[nH]c2c1C(=O)CCC2. The Bertz CT molecular complexity index is 712. The van der Waals surface area contributed by atoms with Crippen molar-refractivity contribution in [3.63, 3.8) is 0 Å². The van der Waals surface area contributed by atoms with Crippen LogP contribution >= 0.6 is 0 Å². The zero-order chi connectivity index (χ0) is 18.8. The van der Waals surface area contributed by atoms with E-state index < -0.39 is 0 Å². The fraction of sp³-hybridized carbons (Fsp3) is 0.650. The van der Waals surface area contributed by atoms with Crippen molar-refractivity contribution < 1.29 is 14.4 Å². The van der Waals surface area contributed by atoms with Crippen LogP contribution in [0.15, 0.2) is 0 Å². The summed E-state index contributed by atoms with van der Waals surface area (Å²) in [6, 6.07) is 0.0704. The van der Waals surface area contributed by atoms with Crippen molar-refractivity contribution in [1.82, 2.24) is 15.2 Å². The fourth-order valence-electron chi connectivity index (χ4n) is 4.01. The number of Topliss-reactive ketones (excluding diaryl/α,β-unsaturated/α-hetero) is 1. The van der Waals surface area contributed by atoms with Gasteiger partial charge in [-0.1, -0.05) is 13.8 Å². The molecular formula is C20H29N3O3. The first-order valence-corrected chi connectivity index (χ1v) is 9.70. The summed E-state index contributed by atoms with van der Waals surface area (Å²) >= 11 is 0. The monoisotopic (exact) mass is 359 g/mol. The highest BCUT2D eigenvalue weighted by molar-refractivity contribution is 6.04. The van der Waals surface area contributed by atoms with Gasteiger partial charge in [0.15, 0.2) is 5.78 Å². The van der Waals surface area contributed by atoms with Crippen molar-refractivity contribution in [2.75, 3.05) is 13.1 Å². The van der Waals surface area contributed by atoms with E-state index in [0.717, 1.165) is 42.5 Å². The zero-order valence-electron chi connectivity index (χ0n) is 16.0. The predicted octanol–water partition coefficient (Wildman–Crippen LogP) is 2.61. The van der Waals surface area contributed by atoms with Crippen LogP contribution in [-0.2, 0) is 11.2 Å². The molecule has 6 heteroatoms. The van der Waals surface area contributed by atoms with E-state index in [2.05, 4.69) is 10.3 Å². The Kier molecular flexibility index (Phi) is 5.49. The molecule has 0 saturated carbocycles. The summed E-state index contributed by atoms with van der Waals surface area (Å²) in [6.07, 6.45) is 4.36. The van der Waals surface area contributed by atoms with Crippen LogP contribution in [0.25, 0.3) is 0 Å². The van der Waals surface area contributed by atoms with Crippen LogP contribution in [0.4, 0.5) is 0 Å². The molecule has 3 rings (SSSR count). The average molecular weight is 359 g/mol. The van der Waals surface area contributed by atoms with Crippen molar-refractivity contribution >= 4 is 17.6 Å². The number of aryl methyl sites for hydroxylation is 1. The molecule has 6 nitrogen and oxygen atoms in total. The van der Waals surface area contributed by atoms with Crippen LogP contribution in [0, 0.1) is 12.8 Å². The largest absolute Gasteiger partial charge is 0.354 e. The number of H-pyrrole nitrogens is 1.